The summed E-state index contributed by atoms with van der Waals surface area (Å²) in [6.45, 7) is 0.289. The second kappa shape index (κ2) is 8.54. The van der Waals surface area contributed by atoms with Gasteiger partial charge in [0.2, 0.25) is 0 Å². The Bertz CT molecular complexity index is 1120. The van der Waals surface area contributed by atoms with Crippen molar-refractivity contribution in [1.82, 2.24) is 20.1 Å². The highest BCUT2D eigenvalue weighted by atomic mass is 16.5. The van der Waals surface area contributed by atoms with Gasteiger partial charge in [0.25, 0.3) is 0 Å². The molecule has 3 fully saturated rings. The Morgan fingerprint density at radius 3 is 2.33 bits per heavy atom. The number of rotatable bonds is 6. The maximum Gasteiger partial charge on any atom is 0.407 e. The minimum Gasteiger partial charge on any atom is -0.496 e. The molecule has 172 valence electrons. The average molecular weight is 447 g/mol. The van der Waals surface area contributed by atoms with E-state index in [1.807, 2.05) is 61.6 Å². The third-order valence-corrected chi connectivity index (χ3v) is 7.52. The van der Waals surface area contributed by atoms with Crippen LogP contribution in [-0.4, -0.2) is 33.5 Å². The van der Waals surface area contributed by atoms with E-state index in [4.69, 9.17) is 9.47 Å². The number of amides is 1. The molecule has 33 heavy (non-hydrogen) atoms. The van der Waals surface area contributed by atoms with Gasteiger partial charge >= 0.3 is 6.09 Å². The molecule has 0 spiro atoms. The van der Waals surface area contributed by atoms with Crippen molar-refractivity contribution in [2.45, 2.75) is 56.1 Å². The quantitative estimate of drug-likeness (QED) is 0.591. The van der Waals surface area contributed by atoms with E-state index in [-0.39, 0.29) is 23.7 Å². The molecule has 2 aromatic carbocycles. The fourth-order valence-electron chi connectivity index (χ4n) is 5.54. The fourth-order valence-corrected chi connectivity index (χ4v) is 5.54. The van der Waals surface area contributed by atoms with E-state index in [0.717, 1.165) is 67.1 Å². The average Bonchev–Trinajstić information content (AvgIpc) is 3.26. The Morgan fingerprint density at radius 1 is 0.970 bits per heavy atom. The Labute approximate surface area is 194 Å². The SMILES string of the molecule is COc1ccccc1-c1nnc(C23CCC(NC(=O)OCc4ccccc4)(CC2)CC3)n1C. The molecule has 1 heterocycles. The number of para-hydroxylation sites is 1. The van der Waals surface area contributed by atoms with Gasteiger partial charge in [-0.15, -0.1) is 10.2 Å². The van der Waals surface area contributed by atoms with Crippen molar-refractivity contribution in [3.05, 3.63) is 66.0 Å². The van der Waals surface area contributed by atoms with Crippen LogP contribution in [0.1, 0.15) is 49.9 Å². The maximum absolute atomic E-state index is 12.5. The van der Waals surface area contributed by atoms with E-state index >= 15 is 0 Å². The molecule has 0 aliphatic heterocycles. The molecule has 0 radical (unpaired) electrons. The van der Waals surface area contributed by atoms with Crippen molar-refractivity contribution >= 4 is 6.09 Å². The van der Waals surface area contributed by atoms with E-state index < -0.39 is 0 Å². The summed E-state index contributed by atoms with van der Waals surface area (Å²) in [6.07, 6.45) is 5.36. The highest BCUT2D eigenvalue weighted by molar-refractivity contribution is 5.68. The van der Waals surface area contributed by atoms with Gasteiger partial charge in [-0.3, -0.25) is 0 Å². The van der Waals surface area contributed by atoms with Gasteiger partial charge in [-0.25, -0.2) is 4.79 Å². The number of alkyl carbamates (subject to hydrolysis) is 1. The molecule has 2 bridgehead atoms. The van der Waals surface area contributed by atoms with Crippen molar-refractivity contribution in [2.24, 2.45) is 7.05 Å². The number of hydrogen-bond acceptors (Lipinski definition) is 5. The first-order valence-electron chi connectivity index (χ1n) is 11.6. The highest BCUT2D eigenvalue weighted by Crippen LogP contribution is 2.53. The van der Waals surface area contributed by atoms with Crippen molar-refractivity contribution in [3.63, 3.8) is 0 Å². The molecule has 1 N–H and O–H groups in total. The number of nitrogens with zero attached hydrogens (tertiary/aromatic N) is 3. The van der Waals surface area contributed by atoms with E-state index in [1.54, 1.807) is 7.11 Å². The molecular weight excluding hydrogens is 416 g/mol. The van der Waals surface area contributed by atoms with E-state index in [9.17, 15) is 4.79 Å². The zero-order valence-electron chi connectivity index (χ0n) is 19.2. The van der Waals surface area contributed by atoms with Gasteiger partial charge in [0.1, 0.15) is 18.2 Å². The lowest BCUT2D eigenvalue weighted by atomic mass is 9.57. The van der Waals surface area contributed by atoms with E-state index in [1.165, 1.54) is 0 Å². The minimum atomic E-state index is -0.328. The topological polar surface area (TPSA) is 78.3 Å². The van der Waals surface area contributed by atoms with Crippen LogP contribution >= 0.6 is 0 Å². The first-order valence-corrected chi connectivity index (χ1v) is 11.6. The van der Waals surface area contributed by atoms with Crippen LogP contribution in [0.4, 0.5) is 4.79 Å². The zero-order chi connectivity index (χ0) is 22.9. The van der Waals surface area contributed by atoms with E-state index in [0.29, 0.717) is 0 Å². The lowest BCUT2D eigenvalue weighted by Gasteiger charge is -2.52. The van der Waals surface area contributed by atoms with Gasteiger partial charge in [0, 0.05) is 18.0 Å². The van der Waals surface area contributed by atoms with Crippen LogP contribution in [0.2, 0.25) is 0 Å². The van der Waals surface area contributed by atoms with Crippen molar-refractivity contribution < 1.29 is 14.3 Å². The first-order chi connectivity index (χ1) is 16.0. The number of benzene rings is 2. The van der Waals surface area contributed by atoms with Crippen LogP contribution in [0.5, 0.6) is 5.75 Å². The Balaban J connectivity index is 1.27. The molecule has 3 aromatic rings. The van der Waals surface area contributed by atoms with Gasteiger partial charge in [-0.2, -0.15) is 0 Å². The Morgan fingerprint density at radius 2 is 1.64 bits per heavy atom. The van der Waals surface area contributed by atoms with Crippen molar-refractivity contribution in [2.75, 3.05) is 7.11 Å². The number of methoxy groups -OCH3 is 1. The lowest BCUT2D eigenvalue weighted by Crippen LogP contribution is -2.58. The summed E-state index contributed by atoms with van der Waals surface area (Å²) in [5.41, 5.74) is 1.75. The number of fused-ring (bicyclic) bond motifs is 3. The van der Waals surface area contributed by atoms with Gasteiger partial charge in [-0.05, 0) is 56.2 Å². The van der Waals surface area contributed by atoms with Crippen molar-refractivity contribution in [3.8, 4) is 17.1 Å². The molecule has 7 heteroatoms. The van der Waals surface area contributed by atoms with Crippen LogP contribution in [0, 0.1) is 0 Å². The second-order valence-electron chi connectivity index (χ2n) is 9.35. The fraction of sp³-hybridized carbons (Fsp3) is 0.423. The number of nitrogens with one attached hydrogen (secondary N) is 1. The molecule has 0 atom stereocenters. The molecule has 6 rings (SSSR count). The van der Waals surface area contributed by atoms with E-state index in [2.05, 4.69) is 20.1 Å². The Hall–Kier alpha value is -3.35. The lowest BCUT2D eigenvalue weighted by molar-refractivity contribution is 0.0581. The number of aromatic nitrogens is 3. The zero-order valence-corrected chi connectivity index (χ0v) is 19.2. The summed E-state index contributed by atoms with van der Waals surface area (Å²) in [6, 6.07) is 17.7. The van der Waals surface area contributed by atoms with Crippen LogP contribution in [0.25, 0.3) is 11.4 Å². The summed E-state index contributed by atoms with van der Waals surface area (Å²) >= 11 is 0. The number of carbonyl (C=O) groups is 1. The summed E-state index contributed by atoms with van der Waals surface area (Å²) in [5, 5.41) is 12.4. The van der Waals surface area contributed by atoms with Crippen LogP contribution < -0.4 is 10.1 Å². The van der Waals surface area contributed by atoms with Gasteiger partial charge in [-0.1, -0.05) is 42.5 Å². The van der Waals surface area contributed by atoms with Gasteiger partial charge in [0.05, 0.1) is 12.7 Å². The third-order valence-electron chi connectivity index (χ3n) is 7.52. The molecule has 3 aliphatic carbocycles. The maximum atomic E-state index is 12.5. The predicted molar refractivity (Wildman–Crippen MR) is 125 cm³/mol. The molecule has 1 aromatic heterocycles. The normalized spacial score (nSPS) is 23.8. The van der Waals surface area contributed by atoms with Gasteiger partial charge < -0.3 is 19.4 Å². The smallest absolute Gasteiger partial charge is 0.407 e. The third kappa shape index (κ3) is 3.96. The summed E-state index contributed by atoms with van der Waals surface area (Å²) in [4.78, 5) is 12.5. The molecule has 0 unspecified atom stereocenters. The second-order valence-corrected chi connectivity index (χ2v) is 9.35. The first kappa shape index (κ1) is 21.5. The van der Waals surface area contributed by atoms with Gasteiger partial charge in [0.15, 0.2) is 5.82 Å². The predicted octanol–water partition coefficient (Wildman–Crippen LogP) is 4.76. The molecule has 3 saturated carbocycles. The number of hydrogen-bond donors (Lipinski definition) is 1. The minimum absolute atomic E-state index is 0.000606. The van der Waals surface area contributed by atoms with Crippen LogP contribution in [0.3, 0.4) is 0 Å². The summed E-state index contributed by atoms with van der Waals surface area (Å²) in [5.74, 6) is 2.65. The van der Waals surface area contributed by atoms with Crippen molar-refractivity contribution in [1.29, 1.82) is 0 Å². The molecular formula is C26H30N4O3. The Kier molecular flexibility index (Phi) is 5.56. The summed E-state index contributed by atoms with van der Waals surface area (Å²) < 4.78 is 13.1. The molecule has 3 aliphatic rings. The monoisotopic (exact) mass is 446 g/mol. The number of ether oxygens (including phenoxy) is 2. The standard InChI is InChI=1S/C26H30N4O3/c1-30-22(20-10-6-7-11-21(20)32-2)28-29-23(30)25-12-15-26(16-13-25,17-14-25)27-24(31)33-18-19-8-4-3-5-9-19/h3-11H,12-18H2,1-2H3,(H,27,31). The highest BCUT2D eigenvalue weighted by Gasteiger charge is 2.52. The van der Waals surface area contributed by atoms with Crippen LogP contribution in [-0.2, 0) is 23.8 Å². The summed E-state index contributed by atoms with van der Waals surface area (Å²) in [7, 11) is 3.72. The molecule has 0 saturated heterocycles. The number of carbonyl (C=O) groups excluding carboxylic acids is 1. The molecule has 7 nitrogen and oxygen atoms in total. The molecule has 1 amide bonds. The largest absolute Gasteiger partial charge is 0.496 e. The van der Waals surface area contributed by atoms with Crippen LogP contribution in [0.15, 0.2) is 54.6 Å².